The lowest BCUT2D eigenvalue weighted by atomic mass is 9.86. The van der Waals surface area contributed by atoms with Crippen molar-refractivity contribution in [3.63, 3.8) is 0 Å². The predicted molar refractivity (Wildman–Crippen MR) is 154 cm³/mol. The van der Waals surface area contributed by atoms with Gasteiger partial charge in [0.25, 0.3) is 0 Å². The van der Waals surface area contributed by atoms with Gasteiger partial charge in [-0.3, -0.25) is 14.5 Å². The van der Waals surface area contributed by atoms with E-state index >= 15 is 0 Å². The van der Waals surface area contributed by atoms with Crippen molar-refractivity contribution in [1.29, 1.82) is 0 Å². The topological polar surface area (TPSA) is 141 Å². The molecule has 0 aromatic carbocycles. The Bertz CT molecular complexity index is 1030. The number of carboxylic acids is 1. The molecule has 0 aliphatic carbocycles. The molecule has 226 valence electrons. The molecule has 2 rings (SSSR count). The number of aromatic nitrogens is 1. The molecule has 1 aliphatic heterocycles. The number of thiazole rings is 1. The maximum atomic E-state index is 14.0. The lowest BCUT2D eigenvalue weighted by Gasteiger charge is -2.43. The van der Waals surface area contributed by atoms with Crippen molar-refractivity contribution in [1.82, 2.24) is 25.4 Å². The molecule has 0 unspecified atom stereocenters. The van der Waals surface area contributed by atoms with Crippen LogP contribution in [0.25, 0.3) is 0 Å². The first-order valence-electron chi connectivity index (χ1n) is 14.2. The van der Waals surface area contributed by atoms with Gasteiger partial charge in [0.1, 0.15) is 11.0 Å². The fourth-order valence-corrected chi connectivity index (χ4v) is 5.88. The number of ether oxygens (including phenoxy) is 1. The van der Waals surface area contributed by atoms with Crippen LogP contribution in [0.4, 0.5) is 4.79 Å². The van der Waals surface area contributed by atoms with Crippen molar-refractivity contribution in [3.05, 3.63) is 16.1 Å². The second-order valence-corrected chi connectivity index (χ2v) is 12.2. The van der Waals surface area contributed by atoms with E-state index in [1.807, 2.05) is 41.7 Å². The van der Waals surface area contributed by atoms with Crippen LogP contribution in [0.5, 0.6) is 0 Å². The van der Waals surface area contributed by atoms with E-state index in [2.05, 4.69) is 20.5 Å². The maximum absolute atomic E-state index is 14.0. The molecular formula is C28H47N5O6S. The van der Waals surface area contributed by atoms with Crippen molar-refractivity contribution in [3.8, 4) is 0 Å². The molecule has 1 aliphatic rings. The van der Waals surface area contributed by atoms with Gasteiger partial charge in [0.2, 0.25) is 11.8 Å². The molecule has 11 nitrogen and oxygen atoms in total. The minimum absolute atomic E-state index is 0.0385. The SMILES string of the molecule is CCNC(=O)O[C@H](C[C@H](C(C)C)N(C)C(=O)[C@@H](NC(=O)[C@@]1(C)CCCCN1C)[C@@H](C)CC)c1nc(C(=O)O)cs1. The lowest BCUT2D eigenvalue weighted by molar-refractivity contribution is -0.143. The first-order chi connectivity index (χ1) is 18.8. The number of carbonyl (C=O) groups excluding carboxylic acids is 3. The number of rotatable bonds is 13. The summed E-state index contributed by atoms with van der Waals surface area (Å²) in [6, 6.07) is -1.11. The molecule has 12 heteroatoms. The number of likely N-dealkylation sites (N-methyl/N-ethyl adjacent to an activating group) is 2. The van der Waals surface area contributed by atoms with Crippen LogP contribution in [-0.4, -0.2) is 88.6 Å². The van der Waals surface area contributed by atoms with Gasteiger partial charge in [-0.15, -0.1) is 11.3 Å². The van der Waals surface area contributed by atoms with Gasteiger partial charge < -0.3 is 25.4 Å². The summed E-state index contributed by atoms with van der Waals surface area (Å²) in [6.45, 7) is 12.8. The summed E-state index contributed by atoms with van der Waals surface area (Å²) in [5.74, 6) is -1.68. The van der Waals surface area contributed by atoms with Gasteiger partial charge in [-0.05, 0) is 58.5 Å². The minimum atomic E-state index is -1.17. The number of amides is 3. The van der Waals surface area contributed by atoms with Crippen molar-refractivity contribution in [2.75, 3.05) is 27.2 Å². The highest BCUT2D eigenvalue weighted by molar-refractivity contribution is 7.09. The summed E-state index contributed by atoms with van der Waals surface area (Å²) in [4.78, 5) is 59.3. The number of alkyl carbamates (subject to hydrolysis) is 1. The van der Waals surface area contributed by atoms with E-state index in [1.165, 1.54) is 5.38 Å². The number of carbonyl (C=O) groups is 4. The summed E-state index contributed by atoms with van der Waals surface area (Å²) in [7, 11) is 3.65. The number of likely N-dealkylation sites (tertiary alicyclic amines) is 1. The van der Waals surface area contributed by atoms with Crippen LogP contribution in [0.1, 0.15) is 95.2 Å². The smallest absolute Gasteiger partial charge is 0.407 e. The fourth-order valence-electron chi connectivity index (χ4n) is 5.05. The second-order valence-electron chi connectivity index (χ2n) is 11.3. The Kier molecular flexibility index (Phi) is 12.4. The van der Waals surface area contributed by atoms with E-state index in [0.717, 1.165) is 37.1 Å². The molecule has 2 heterocycles. The first kappa shape index (κ1) is 33.5. The summed E-state index contributed by atoms with van der Waals surface area (Å²) in [5, 5.41) is 16.8. The summed E-state index contributed by atoms with van der Waals surface area (Å²) < 4.78 is 5.67. The van der Waals surface area contributed by atoms with Gasteiger partial charge >= 0.3 is 12.1 Å². The van der Waals surface area contributed by atoms with Crippen LogP contribution in [0.2, 0.25) is 0 Å². The summed E-state index contributed by atoms with van der Waals surface area (Å²) in [6.07, 6.45) is 2.13. The monoisotopic (exact) mass is 581 g/mol. The van der Waals surface area contributed by atoms with E-state index < -0.39 is 29.7 Å². The zero-order valence-electron chi connectivity index (χ0n) is 25.2. The van der Waals surface area contributed by atoms with E-state index in [9.17, 15) is 24.3 Å². The minimum Gasteiger partial charge on any atom is -0.476 e. The summed E-state index contributed by atoms with van der Waals surface area (Å²) >= 11 is 1.10. The van der Waals surface area contributed by atoms with Crippen molar-refractivity contribution >= 4 is 35.2 Å². The fraction of sp³-hybridized carbons (Fsp3) is 0.750. The van der Waals surface area contributed by atoms with Gasteiger partial charge in [0.15, 0.2) is 11.8 Å². The van der Waals surface area contributed by atoms with Crippen LogP contribution in [0.3, 0.4) is 0 Å². The Hall–Kier alpha value is -2.73. The Balaban J connectivity index is 2.33. The molecule has 1 aromatic rings. The molecule has 5 atom stereocenters. The number of aromatic carboxylic acids is 1. The number of nitrogens with zero attached hydrogens (tertiary/aromatic N) is 3. The van der Waals surface area contributed by atoms with E-state index in [0.29, 0.717) is 18.0 Å². The number of hydrogen-bond donors (Lipinski definition) is 3. The third-order valence-corrected chi connectivity index (χ3v) is 9.10. The average molecular weight is 582 g/mol. The van der Waals surface area contributed by atoms with Gasteiger partial charge in [0.05, 0.1) is 5.54 Å². The number of carboxylic acid groups (broad SMARTS) is 1. The van der Waals surface area contributed by atoms with Gasteiger partial charge in [0, 0.05) is 31.4 Å². The van der Waals surface area contributed by atoms with Gasteiger partial charge in [-0.1, -0.05) is 34.1 Å². The molecule has 40 heavy (non-hydrogen) atoms. The van der Waals surface area contributed by atoms with Crippen molar-refractivity contribution < 1.29 is 29.0 Å². The van der Waals surface area contributed by atoms with Crippen molar-refractivity contribution in [2.24, 2.45) is 11.8 Å². The largest absolute Gasteiger partial charge is 0.476 e. The molecule has 1 fully saturated rings. The number of hydrogen-bond acceptors (Lipinski definition) is 8. The van der Waals surface area contributed by atoms with E-state index in [1.54, 1.807) is 18.9 Å². The second kappa shape index (κ2) is 14.8. The molecule has 0 radical (unpaired) electrons. The maximum Gasteiger partial charge on any atom is 0.407 e. The zero-order chi connectivity index (χ0) is 30.2. The molecule has 3 N–H and O–H groups in total. The predicted octanol–water partition coefficient (Wildman–Crippen LogP) is 3.91. The Morgan fingerprint density at radius 3 is 2.42 bits per heavy atom. The van der Waals surface area contributed by atoms with Crippen LogP contribution in [0.15, 0.2) is 5.38 Å². The van der Waals surface area contributed by atoms with Crippen LogP contribution >= 0.6 is 11.3 Å². The molecule has 0 saturated carbocycles. The molecule has 0 spiro atoms. The van der Waals surface area contributed by atoms with Gasteiger partial charge in [-0.2, -0.15) is 0 Å². The zero-order valence-corrected chi connectivity index (χ0v) is 26.0. The van der Waals surface area contributed by atoms with Crippen LogP contribution in [0, 0.1) is 11.8 Å². The van der Waals surface area contributed by atoms with E-state index in [-0.39, 0.29) is 41.8 Å². The first-order valence-corrected chi connectivity index (χ1v) is 15.1. The van der Waals surface area contributed by atoms with Gasteiger partial charge in [-0.25, -0.2) is 14.6 Å². The summed E-state index contributed by atoms with van der Waals surface area (Å²) in [5.41, 5.74) is -0.811. The lowest BCUT2D eigenvalue weighted by Crippen LogP contribution is -2.62. The quantitative estimate of drug-likeness (QED) is 0.318. The highest BCUT2D eigenvalue weighted by Gasteiger charge is 2.42. The molecule has 1 saturated heterocycles. The van der Waals surface area contributed by atoms with Crippen LogP contribution < -0.4 is 10.6 Å². The highest BCUT2D eigenvalue weighted by Crippen LogP contribution is 2.31. The Labute approximate surface area is 242 Å². The Morgan fingerprint density at radius 1 is 1.23 bits per heavy atom. The average Bonchev–Trinajstić information content (AvgIpc) is 3.40. The molecule has 1 aromatic heterocycles. The third kappa shape index (κ3) is 8.15. The molecular weight excluding hydrogens is 534 g/mol. The van der Waals surface area contributed by atoms with E-state index in [4.69, 9.17) is 4.74 Å². The van der Waals surface area contributed by atoms with Crippen LogP contribution in [-0.2, 0) is 14.3 Å². The normalized spacial score (nSPS) is 20.7. The third-order valence-electron chi connectivity index (χ3n) is 8.16. The Morgan fingerprint density at radius 2 is 1.90 bits per heavy atom. The standard InChI is InChI=1S/C28H47N5O6S/c1-9-18(5)22(31-26(37)28(6)13-11-12-14-32(28)7)24(34)33(8)20(17(3)4)15-21(39-27(38)29-10-2)23-30-19(16-40-23)25(35)36/h16-18,20-22H,9-15H2,1-8H3,(H,29,38)(H,31,37)(H,35,36)/t18-,20+,21+,22-,28+/m0/s1. The molecule has 0 bridgehead atoms. The molecule has 3 amide bonds. The number of piperidine rings is 1. The highest BCUT2D eigenvalue weighted by atomic mass is 32.1. The number of nitrogens with one attached hydrogen (secondary N) is 2. The van der Waals surface area contributed by atoms with Crippen molar-refractivity contribution in [2.45, 2.75) is 97.4 Å².